The summed E-state index contributed by atoms with van der Waals surface area (Å²) >= 11 is 0. The minimum atomic E-state index is -1.76. The Morgan fingerprint density at radius 2 is 1.78 bits per heavy atom. The number of phenols is 2. The Morgan fingerprint density at radius 3 is 2.41 bits per heavy atom. The minimum absolute atomic E-state index is 0.195. The number of aromatic hydroxyl groups is 2. The fourth-order valence-electron chi connectivity index (χ4n) is 3.26. The number of azide groups is 1. The number of phenolic OH excluding ortho intramolecular Hbond substituents is 2. The van der Waals surface area contributed by atoms with Crippen molar-refractivity contribution in [2.24, 2.45) is 5.11 Å². The highest BCUT2D eigenvalue weighted by Crippen LogP contribution is 2.36. The van der Waals surface area contributed by atoms with Crippen molar-refractivity contribution in [1.29, 1.82) is 0 Å². The molecule has 1 heterocycles. The van der Waals surface area contributed by atoms with Gasteiger partial charge < -0.3 is 40.1 Å². The van der Waals surface area contributed by atoms with Crippen LogP contribution in [0.2, 0.25) is 0 Å². The van der Waals surface area contributed by atoms with Gasteiger partial charge in [-0.25, -0.2) is 0 Å². The summed E-state index contributed by atoms with van der Waals surface area (Å²) in [5, 5.41) is 62.8. The SMILES string of the molecule is [N-]=[N+]=Nc1ccc(CC(=O)c2c(O)cc(O)cc2OC2O[C@@H](CO)[C@H](O)[C@@H](O)[C@@H]2O)cc1. The van der Waals surface area contributed by atoms with E-state index in [-0.39, 0.29) is 17.7 Å². The number of benzene rings is 2. The van der Waals surface area contributed by atoms with Gasteiger partial charge in [0.1, 0.15) is 47.2 Å². The lowest BCUT2D eigenvalue weighted by molar-refractivity contribution is -0.277. The van der Waals surface area contributed by atoms with E-state index >= 15 is 0 Å². The van der Waals surface area contributed by atoms with Crippen molar-refractivity contribution in [2.45, 2.75) is 37.1 Å². The zero-order valence-corrected chi connectivity index (χ0v) is 16.5. The summed E-state index contributed by atoms with van der Waals surface area (Å²) in [4.78, 5) is 15.6. The third kappa shape index (κ3) is 4.92. The first-order valence-corrected chi connectivity index (χ1v) is 9.45. The molecule has 0 aliphatic carbocycles. The maximum atomic E-state index is 12.9. The maximum Gasteiger partial charge on any atom is 0.229 e. The third-order valence-corrected chi connectivity index (χ3v) is 4.90. The molecular formula is C20H21N3O9. The number of hydrogen-bond donors (Lipinski definition) is 6. The number of carbonyl (C=O) groups excluding carboxylic acids is 1. The molecule has 0 saturated carbocycles. The number of aliphatic hydroxyl groups is 4. The molecule has 1 aliphatic rings. The van der Waals surface area contributed by atoms with E-state index in [4.69, 9.17) is 15.0 Å². The fraction of sp³-hybridized carbons (Fsp3) is 0.350. The molecule has 170 valence electrons. The van der Waals surface area contributed by atoms with Crippen LogP contribution < -0.4 is 4.74 Å². The van der Waals surface area contributed by atoms with Crippen molar-refractivity contribution in [1.82, 2.24) is 0 Å². The van der Waals surface area contributed by atoms with Gasteiger partial charge >= 0.3 is 0 Å². The van der Waals surface area contributed by atoms with E-state index in [1.54, 1.807) is 12.1 Å². The molecule has 5 atom stereocenters. The first-order chi connectivity index (χ1) is 15.2. The molecule has 0 radical (unpaired) electrons. The van der Waals surface area contributed by atoms with Crippen molar-refractivity contribution in [3.63, 3.8) is 0 Å². The smallest absolute Gasteiger partial charge is 0.229 e. The number of aliphatic hydroxyl groups excluding tert-OH is 4. The monoisotopic (exact) mass is 447 g/mol. The molecule has 6 N–H and O–H groups in total. The van der Waals surface area contributed by atoms with Crippen LogP contribution >= 0.6 is 0 Å². The molecule has 1 fully saturated rings. The normalized spacial score (nSPS) is 25.1. The van der Waals surface area contributed by atoms with E-state index in [0.717, 1.165) is 12.1 Å². The van der Waals surface area contributed by atoms with Crippen LogP contribution in [0.25, 0.3) is 10.4 Å². The summed E-state index contributed by atoms with van der Waals surface area (Å²) in [6.07, 6.45) is -8.15. The van der Waals surface area contributed by atoms with Crippen LogP contribution in [0.15, 0.2) is 41.5 Å². The molecule has 2 aromatic carbocycles. The van der Waals surface area contributed by atoms with Crippen molar-refractivity contribution in [3.05, 3.63) is 58.0 Å². The highest BCUT2D eigenvalue weighted by Gasteiger charge is 2.45. The van der Waals surface area contributed by atoms with Gasteiger partial charge in [-0.3, -0.25) is 4.79 Å². The van der Waals surface area contributed by atoms with Gasteiger partial charge in [0.25, 0.3) is 0 Å². The van der Waals surface area contributed by atoms with Crippen LogP contribution in [0.4, 0.5) is 5.69 Å². The number of rotatable bonds is 7. The van der Waals surface area contributed by atoms with Crippen LogP contribution in [-0.2, 0) is 11.2 Å². The summed E-state index contributed by atoms with van der Waals surface area (Å²) in [5.41, 5.74) is 9.01. The molecule has 0 bridgehead atoms. The molecule has 32 heavy (non-hydrogen) atoms. The summed E-state index contributed by atoms with van der Waals surface area (Å²) < 4.78 is 10.7. The van der Waals surface area contributed by atoms with E-state index in [0.29, 0.717) is 11.3 Å². The first-order valence-electron chi connectivity index (χ1n) is 9.45. The standard InChI is InChI=1S/C20H21N3O9/c21-23-22-10-3-1-9(2-4-10)5-12(26)16-13(27)6-11(25)7-14(16)31-20-19(30)18(29)17(28)15(8-24)32-20/h1-4,6-7,15,17-20,24-25,27-30H,5,8H2/t15-,17-,18+,19-,20?/m0/s1. The van der Waals surface area contributed by atoms with Crippen LogP contribution in [0.5, 0.6) is 17.2 Å². The number of ether oxygens (including phenoxy) is 2. The second-order valence-electron chi connectivity index (χ2n) is 7.11. The minimum Gasteiger partial charge on any atom is -0.508 e. The van der Waals surface area contributed by atoms with E-state index in [1.807, 2.05) is 0 Å². The molecule has 1 saturated heterocycles. The predicted octanol–water partition coefficient (Wildman–Crippen LogP) is 0.644. The lowest BCUT2D eigenvalue weighted by atomic mass is 9.99. The van der Waals surface area contributed by atoms with Crippen molar-refractivity contribution in [3.8, 4) is 17.2 Å². The van der Waals surface area contributed by atoms with Gasteiger partial charge in [0.05, 0.1) is 6.61 Å². The van der Waals surface area contributed by atoms with Gasteiger partial charge in [0, 0.05) is 29.2 Å². The number of nitrogens with zero attached hydrogens (tertiary/aromatic N) is 3. The highest BCUT2D eigenvalue weighted by molar-refractivity contribution is 6.02. The van der Waals surface area contributed by atoms with Gasteiger partial charge in [0.15, 0.2) is 5.78 Å². The molecule has 2 aromatic rings. The average molecular weight is 447 g/mol. The number of carbonyl (C=O) groups is 1. The molecular weight excluding hydrogens is 426 g/mol. The Bertz CT molecular complexity index is 1020. The molecule has 12 nitrogen and oxygen atoms in total. The zero-order chi connectivity index (χ0) is 23.4. The summed E-state index contributed by atoms with van der Waals surface area (Å²) in [7, 11) is 0. The van der Waals surface area contributed by atoms with Gasteiger partial charge in [-0.2, -0.15) is 0 Å². The highest BCUT2D eigenvalue weighted by atomic mass is 16.7. The second kappa shape index (κ2) is 9.83. The molecule has 0 amide bonds. The fourth-order valence-corrected chi connectivity index (χ4v) is 3.26. The van der Waals surface area contributed by atoms with Crippen LogP contribution in [0, 0.1) is 0 Å². The lowest BCUT2D eigenvalue weighted by Gasteiger charge is -2.39. The van der Waals surface area contributed by atoms with Crippen LogP contribution in [0.1, 0.15) is 15.9 Å². The van der Waals surface area contributed by atoms with Gasteiger partial charge in [-0.1, -0.05) is 29.4 Å². The van der Waals surface area contributed by atoms with Crippen molar-refractivity contribution in [2.75, 3.05) is 6.61 Å². The molecule has 0 aromatic heterocycles. The molecule has 0 spiro atoms. The predicted molar refractivity (Wildman–Crippen MR) is 107 cm³/mol. The Labute approximate surface area is 181 Å². The van der Waals surface area contributed by atoms with Crippen LogP contribution in [0.3, 0.4) is 0 Å². The molecule has 3 rings (SSSR count). The van der Waals surface area contributed by atoms with Gasteiger partial charge in [-0.15, -0.1) is 0 Å². The quantitative estimate of drug-likeness (QED) is 0.152. The van der Waals surface area contributed by atoms with E-state index < -0.39 is 54.6 Å². The van der Waals surface area contributed by atoms with Crippen molar-refractivity contribution >= 4 is 11.5 Å². The zero-order valence-electron chi connectivity index (χ0n) is 16.5. The van der Waals surface area contributed by atoms with E-state index in [2.05, 4.69) is 10.0 Å². The molecule has 1 aliphatic heterocycles. The number of hydrogen-bond acceptors (Lipinski definition) is 10. The average Bonchev–Trinajstić information content (AvgIpc) is 2.75. The van der Waals surface area contributed by atoms with E-state index in [1.165, 1.54) is 12.1 Å². The van der Waals surface area contributed by atoms with E-state index in [9.17, 15) is 35.4 Å². The third-order valence-electron chi connectivity index (χ3n) is 4.90. The Balaban J connectivity index is 1.87. The summed E-state index contributed by atoms with van der Waals surface area (Å²) in [5.74, 6) is -2.00. The molecule has 1 unspecified atom stereocenters. The Hall–Kier alpha value is -3.38. The Kier molecular flexibility index (Phi) is 7.15. The molecule has 12 heteroatoms. The number of ketones is 1. The first kappa shape index (κ1) is 23.3. The topological polar surface area (TPSA) is 206 Å². The maximum absolute atomic E-state index is 12.9. The summed E-state index contributed by atoms with van der Waals surface area (Å²) in [6.45, 7) is -0.687. The van der Waals surface area contributed by atoms with Gasteiger partial charge in [-0.05, 0) is 11.1 Å². The van der Waals surface area contributed by atoms with Crippen LogP contribution in [-0.4, -0.2) is 73.7 Å². The second-order valence-corrected chi connectivity index (χ2v) is 7.11. The Morgan fingerprint density at radius 1 is 1.09 bits per heavy atom. The van der Waals surface area contributed by atoms with Gasteiger partial charge in [0.2, 0.25) is 6.29 Å². The number of Topliss-reactive ketones (excluding diaryl/α,β-unsaturated/α-hetero) is 1. The largest absolute Gasteiger partial charge is 0.508 e. The van der Waals surface area contributed by atoms with Crippen molar-refractivity contribution < 1.29 is 44.9 Å². The summed E-state index contributed by atoms with van der Waals surface area (Å²) in [6, 6.07) is 8.06. The lowest BCUT2D eigenvalue weighted by Crippen LogP contribution is -2.60.